The number of hydrogen-bond donors (Lipinski definition) is 1. The molecule has 1 atom stereocenters. The summed E-state index contributed by atoms with van der Waals surface area (Å²) in [7, 11) is -2.82. The third-order valence-corrected chi connectivity index (χ3v) is 8.07. The number of nitro groups is 1. The number of nitro benzene ring substituents is 1. The molecule has 0 aliphatic carbocycles. The number of benzene rings is 3. The van der Waals surface area contributed by atoms with Crippen LogP contribution in [-0.4, -0.2) is 56.3 Å². The molecule has 3 aromatic rings. The molecule has 12 heteroatoms. The normalized spacial score (nSPS) is 11.9. The molecule has 0 radical (unpaired) electrons. The summed E-state index contributed by atoms with van der Waals surface area (Å²) in [5.41, 5.74) is 0.265. The Balaban J connectivity index is 2.05. The van der Waals surface area contributed by atoms with Gasteiger partial charge in [0.2, 0.25) is 11.8 Å². The number of nitrogens with one attached hydrogen (secondary N) is 1. The van der Waals surface area contributed by atoms with E-state index < -0.39 is 39.3 Å². The maximum Gasteiger partial charge on any atom is 0.271 e. The first-order valence-corrected chi connectivity index (χ1v) is 14.4. The summed E-state index contributed by atoms with van der Waals surface area (Å²) in [5, 5.41) is 14.3. The predicted octanol–water partition coefficient (Wildman–Crippen LogP) is 3.99. The van der Waals surface area contributed by atoms with Crippen molar-refractivity contribution < 1.29 is 27.7 Å². The van der Waals surface area contributed by atoms with E-state index in [1.165, 1.54) is 54.5 Å². The second-order valence-electron chi connectivity index (χ2n) is 9.79. The number of ether oxygens (including phenoxy) is 1. The fourth-order valence-electron chi connectivity index (χ4n) is 4.01. The summed E-state index contributed by atoms with van der Waals surface area (Å²) < 4.78 is 33.7. The van der Waals surface area contributed by atoms with Crippen molar-refractivity contribution in [2.75, 3.05) is 24.5 Å². The highest BCUT2D eigenvalue weighted by Gasteiger charge is 2.33. The lowest BCUT2D eigenvalue weighted by Crippen LogP contribution is -2.51. The summed E-state index contributed by atoms with van der Waals surface area (Å²) in [6.07, 6.45) is 0. The molecular formula is C29H34N4O7S. The van der Waals surface area contributed by atoms with Gasteiger partial charge >= 0.3 is 0 Å². The average Bonchev–Trinajstić information content (AvgIpc) is 2.97. The van der Waals surface area contributed by atoms with Gasteiger partial charge in [-0.15, -0.1) is 0 Å². The van der Waals surface area contributed by atoms with Crippen molar-refractivity contribution in [3.8, 4) is 5.75 Å². The molecule has 2 amide bonds. The zero-order valence-electron chi connectivity index (χ0n) is 23.4. The summed E-state index contributed by atoms with van der Waals surface area (Å²) in [6.45, 7) is 5.12. The van der Waals surface area contributed by atoms with E-state index in [1.807, 2.05) is 13.8 Å². The Morgan fingerprint density at radius 2 is 1.66 bits per heavy atom. The third-order valence-electron chi connectivity index (χ3n) is 6.28. The van der Waals surface area contributed by atoms with Crippen molar-refractivity contribution in [2.24, 2.45) is 5.92 Å². The molecule has 0 aliphatic rings. The van der Waals surface area contributed by atoms with Crippen LogP contribution in [0, 0.1) is 16.0 Å². The molecule has 11 nitrogen and oxygen atoms in total. The molecule has 1 unspecified atom stereocenters. The van der Waals surface area contributed by atoms with Crippen LogP contribution in [0.1, 0.15) is 26.3 Å². The number of non-ortho nitro benzene ring substituents is 1. The maximum atomic E-state index is 13.9. The highest BCUT2D eigenvalue weighted by Crippen LogP contribution is 2.27. The van der Waals surface area contributed by atoms with Crippen LogP contribution in [0.25, 0.3) is 0 Å². The highest BCUT2D eigenvalue weighted by molar-refractivity contribution is 7.92. The van der Waals surface area contributed by atoms with Gasteiger partial charge in [0.05, 0.1) is 22.6 Å². The third kappa shape index (κ3) is 8.04. The molecule has 218 valence electrons. The lowest BCUT2D eigenvalue weighted by molar-refractivity contribution is -0.384. The summed E-state index contributed by atoms with van der Waals surface area (Å²) in [4.78, 5) is 39.0. The monoisotopic (exact) mass is 582 g/mol. The minimum absolute atomic E-state index is 0.0134. The van der Waals surface area contributed by atoms with E-state index >= 15 is 0 Å². The molecule has 0 saturated carbocycles. The first-order valence-electron chi connectivity index (χ1n) is 13.0. The van der Waals surface area contributed by atoms with Gasteiger partial charge in [0.1, 0.15) is 18.3 Å². The van der Waals surface area contributed by atoms with Crippen LogP contribution < -0.4 is 14.4 Å². The highest BCUT2D eigenvalue weighted by atomic mass is 32.2. The number of nitrogens with zero attached hydrogens (tertiary/aromatic N) is 3. The van der Waals surface area contributed by atoms with Crippen LogP contribution in [0.5, 0.6) is 5.75 Å². The maximum absolute atomic E-state index is 13.9. The SMILES string of the molecule is COc1cccc(CN(C(=O)CN(c2cccc([N+](=O)[O-])c2)S(=O)(=O)c2ccccc2)C(C)C(=O)NCC(C)C)c1. The van der Waals surface area contributed by atoms with Crippen molar-refractivity contribution in [2.45, 2.75) is 38.3 Å². The number of methoxy groups -OCH3 is 1. The Bertz CT molecular complexity index is 1480. The van der Waals surface area contributed by atoms with Crippen molar-refractivity contribution in [1.29, 1.82) is 0 Å². The van der Waals surface area contributed by atoms with E-state index in [2.05, 4.69) is 5.32 Å². The Labute approximate surface area is 239 Å². The topological polar surface area (TPSA) is 139 Å². The first-order chi connectivity index (χ1) is 19.4. The molecule has 0 fully saturated rings. The Morgan fingerprint density at radius 3 is 2.29 bits per heavy atom. The van der Waals surface area contributed by atoms with Gasteiger partial charge in [0, 0.05) is 25.2 Å². The summed E-state index contributed by atoms with van der Waals surface area (Å²) in [5.74, 6) is -0.348. The van der Waals surface area contributed by atoms with Gasteiger partial charge in [-0.05, 0) is 48.7 Å². The van der Waals surface area contributed by atoms with E-state index in [0.29, 0.717) is 17.9 Å². The number of carbonyl (C=O) groups is 2. The van der Waals surface area contributed by atoms with E-state index in [-0.39, 0.29) is 28.7 Å². The molecule has 0 aromatic heterocycles. The number of amides is 2. The van der Waals surface area contributed by atoms with Gasteiger partial charge in [0.15, 0.2) is 0 Å². The van der Waals surface area contributed by atoms with Crippen molar-refractivity contribution >= 4 is 33.2 Å². The van der Waals surface area contributed by atoms with Crippen molar-refractivity contribution in [3.05, 3.63) is 94.5 Å². The van der Waals surface area contributed by atoms with E-state index in [1.54, 1.807) is 37.3 Å². The van der Waals surface area contributed by atoms with Crippen LogP contribution >= 0.6 is 0 Å². The van der Waals surface area contributed by atoms with Crippen LogP contribution in [-0.2, 0) is 26.2 Å². The minimum atomic E-state index is -4.33. The average molecular weight is 583 g/mol. The molecule has 0 bridgehead atoms. The molecule has 41 heavy (non-hydrogen) atoms. The number of sulfonamides is 1. The lowest BCUT2D eigenvalue weighted by Gasteiger charge is -2.32. The van der Waals surface area contributed by atoms with Gasteiger partial charge in [-0.1, -0.05) is 50.2 Å². The first kappa shape index (κ1) is 31.1. The van der Waals surface area contributed by atoms with Crippen LogP contribution in [0.2, 0.25) is 0 Å². The molecule has 0 saturated heterocycles. The lowest BCUT2D eigenvalue weighted by atomic mass is 10.1. The Hall–Kier alpha value is -4.45. The number of hydrogen-bond acceptors (Lipinski definition) is 7. The van der Waals surface area contributed by atoms with Gasteiger partial charge in [-0.25, -0.2) is 8.42 Å². The second kappa shape index (κ2) is 13.8. The quantitative estimate of drug-likeness (QED) is 0.237. The van der Waals surface area contributed by atoms with Gasteiger partial charge in [0.25, 0.3) is 15.7 Å². The standard InChI is InChI=1S/C29H34N4O7S/c1-21(2)18-30-29(35)22(3)31(19-23-10-8-13-26(16-23)40-4)28(34)20-32(24-11-9-12-25(17-24)33(36)37)41(38,39)27-14-6-5-7-15-27/h5-17,21-22H,18-20H2,1-4H3,(H,30,35). The minimum Gasteiger partial charge on any atom is -0.497 e. The van der Waals surface area contributed by atoms with Crippen LogP contribution in [0.4, 0.5) is 11.4 Å². The van der Waals surface area contributed by atoms with E-state index in [0.717, 1.165) is 10.4 Å². The Morgan fingerprint density at radius 1 is 0.976 bits per heavy atom. The fraction of sp³-hybridized carbons (Fsp3) is 0.310. The molecule has 0 heterocycles. The molecular weight excluding hydrogens is 548 g/mol. The van der Waals surface area contributed by atoms with Gasteiger partial charge < -0.3 is 15.0 Å². The van der Waals surface area contributed by atoms with E-state index in [4.69, 9.17) is 4.74 Å². The Kier molecular flexibility index (Phi) is 10.4. The second-order valence-corrected chi connectivity index (χ2v) is 11.7. The number of rotatable bonds is 13. The smallest absolute Gasteiger partial charge is 0.271 e. The molecule has 3 aromatic carbocycles. The zero-order chi connectivity index (χ0) is 30.2. The number of carbonyl (C=O) groups excluding carboxylic acids is 2. The molecule has 1 N–H and O–H groups in total. The fourth-order valence-corrected chi connectivity index (χ4v) is 5.44. The van der Waals surface area contributed by atoms with Gasteiger partial charge in [-0.2, -0.15) is 0 Å². The molecule has 3 rings (SSSR count). The number of anilines is 1. The van der Waals surface area contributed by atoms with Crippen LogP contribution in [0.15, 0.2) is 83.8 Å². The van der Waals surface area contributed by atoms with Crippen molar-refractivity contribution in [3.63, 3.8) is 0 Å². The van der Waals surface area contributed by atoms with Crippen molar-refractivity contribution in [1.82, 2.24) is 10.2 Å². The van der Waals surface area contributed by atoms with Gasteiger partial charge in [-0.3, -0.25) is 24.0 Å². The zero-order valence-corrected chi connectivity index (χ0v) is 24.2. The summed E-state index contributed by atoms with van der Waals surface area (Å²) >= 11 is 0. The predicted molar refractivity (Wildman–Crippen MR) is 155 cm³/mol. The summed E-state index contributed by atoms with van der Waals surface area (Å²) in [6, 6.07) is 18.5. The van der Waals surface area contributed by atoms with Crippen LogP contribution in [0.3, 0.4) is 0 Å². The largest absolute Gasteiger partial charge is 0.497 e. The molecule has 0 aliphatic heterocycles. The van der Waals surface area contributed by atoms with E-state index in [9.17, 15) is 28.1 Å². The molecule has 0 spiro atoms.